The van der Waals surface area contributed by atoms with Gasteiger partial charge in [0, 0.05) is 51.2 Å². The third-order valence-corrected chi connectivity index (χ3v) is 3.92. The van der Waals surface area contributed by atoms with Gasteiger partial charge in [-0.15, -0.1) is 0 Å². The second kappa shape index (κ2) is 5.23. The van der Waals surface area contributed by atoms with Crippen LogP contribution in [0.5, 0.6) is 0 Å². The Hall–Kier alpha value is -0.800. The molecule has 0 aliphatic carbocycles. The molecule has 0 spiro atoms. The SMILES string of the molecule is CC(C)C1CN(C)CCN1Cc1cccn1C. The highest BCUT2D eigenvalue weighted by Crippen LogP contribution is 2.19. The van der Waals surface area contributed by atoms with Gasteiger partial charge >= 0.3 is 0 Å². The molecule has 0 radical (unpaired) electrons. The van der Waals surface area contributed by atoms with Crippen molar-refractivity contribution in [2.24, 2.45) is 13.0 Å². The lowest BCUT2D eigenvalue weighted by Crippen LogP contribution is -2.53. The molecule has 1 aliphatic rings. The lowest BCUT2D eigenvalue weighted by Gasteiger charge is -2.42. The Kier molecular flexibility index (Phi) is 3.89. The fourth-order valence-corrected chi connectivity index (χ4v) is 2.69. The standard InChI is InChI=1S/C14H25N3/c1-12(2)14-11-15(3)8-9-17(14)10-13-6-5-7-16(13)4/h5-7,12,14H,8-11H2,1-4H3. The van der Waals surface area contributed by atoms with Crippen molar-refractivity contribution in [1.29, 1.82) is 0 Å². The van der Waals surface area contributed by atoms with E-state index in [1.807, 2.05) is 0 Å². The number of aryl methyl sites for hydroxylation is 1. The number of hydrogen-bond acceptors (Lipinski definition) is 2. The zero-order valence-electron chi connectivity index (χ0n) is 11.6. The van der Waals surface area contributed by atoms with Crippen LogP contribution in [0.25, 0.3) is 0 Å². The van der Waals surface area contributed by atoms with Crippen molar-refractivity contribution in [1.82, 2.24) is 14.4 Å². The predicted molar refractivity (Wildman–Crippen MR) is 71.9 cm³/mol. The van der Waals surface area contributed by atoms with E-state index in [-0.39, 0.29) is 0 Å². The molecule has 3 heteroatoms. The summed E-state index contributed by atoms with van der Waals surface area (Å²) in [6.07, 6.45) is 2.13. The van der Waals surface area contributed by atoms with Crippen molar-refractivity contribution in [3.8, 4) is 0 Å². The molecule has 0 aromatic carbocycles. The van der Waals surface area contributed by atoms with Gasteiger partial charge in [0.15, 0.2) is 0 Å². The molecule has 1 aromatic heterocycles. The van der Waals surface area contributed by atoms with Crippen LogP contribution in [0.15, 0.2) is 18.3 Å². The molecule has 1 unspecified atom stereocenters. The van der Waals surface area contributed by atoms with E-state index in [4.69, 9.17) is 0 Å². The second-order valence-corrected chi connectivity index (χ2v) is 5.65. The molecular formula is C14H25N3. The van der Waals surface area contributed by atoms with E-state index in [1.54, 1.807) is 0 Å². The molecule has 1 aliphatic heterocycles. The molecule has 0 saturated carbocycles. The van der Waals surface area contributed by atoms with Crippen LogP contribution in [0.3, 0.4) is 0 Å². The lowest BCUT2D eigenvalue weighted by atomic mass is 9.99. The van der Waals surface area contributed by atoms with Crippen LogP contribution in [0.1, 0.15) is 19.5 Å². The number of likely N-dealkylation sites (N-methyl/N-ethyl adjacent to an activating group) is 1. The molecule has 0 amide bonds. The average Bonchev–Trinajstić information content (AvgIpc) is 2.67. The molecule has 2 rings (SSSR count). The highest BCUT2D eigenvalue weighted by molar-refractivity contribution is 5.07. The fourth-order valence-electron chi connectivity index (χ4n) is 2.69. The normalized spacial score (nSPS) is 23.5. The molecule has 0 bridgehead atoms. The Morgan fingerprint density at radius 3 is 2.65 bits per heavy atom. The molecule has 0 N–H and O–H groups in total. The van der Waals surface area contributed by atoms with Crippen LogP contribution in [-0.4, -0.2) is 47.1 Å². The van der Waals surface area contributed by atoms with Gasteiger partial charge in [-0.2, -0.15) is 0 Å². The highest BCUT2D eigenvalue weighted by Gasteiger charge is 2.27. The van der Waals surface area contributed by atoms with Crippen LogP contribution >= 0.6 is 0 Å². The number of piperazine rings is 1. The van der Waals surface area contributed by atoms with Crippen LogP contribution in [0.4, 0.5) is 0 Å². The third kappa shape index (κ3) is 2.90. The summed E-state index contributed by atoms with van der Waals surface area (Å²) in [6, 6.07) is 5.05. The van der Waals surface area contributed by atoms with E-state index in [0.29, 0.717) is 6.04 Å². The van der Waals surface area contributed by atoms with Crippen LogP contribution in [-0.2, 0) is 13.6 Å². The van der Waals surface area contributed by atoms with Crippen LogP contribution < -0.4 is 0 Å². The van der Waals surface area contributed by atoms with Crippen molar-refractivity contribution in [2.75, 3.05) is 26.7 Å². The Balaban J connectivity index is 2.05. The van der Waals surface area contributed by atoms with Gasteiger partial charge in [0.1, 0.15) is 0 Å². The van der Waals surface area contributed by atoms with Gasteiger partial charge in [0.2, 0.25) is 0 Å². The van der Waals surface area contributed by atoms with Crippen LogP contribution in [0.2, 0.25) is 0 Å². The summed E-state index contributed by atoms with van der Waals surface area (Å²) < 4.78 is 2.23. The van der Waals surface area contributed by atoms with Gasteiger partial charge in [-0.1, -0.05) is 13.8 Å². The topological polar surface area (TPSA) is 11.4 Å². The smallest absolute Gasteiger partial charge is 0.0391 e. The second-order valence-electron chi connectivity index (χ2n) is 5.65. The first-order valence-electron chi connectivity index (χ1n) is 6.60. The Labute approximate surface area is 105 Å². The summed E-state index contributed by atoms with van der Waals surface area (Å²) >= 11 is 0. The molecular weight excluding hydrogens is 210 g/mol. The third-order valence-electron chi connectivity index (χ3n) is 3.92. The minimum atomic E-state index is 0.684. The van der Waals surface area contributed by atoms with Crippen LogP contribution in [0, 0.1) is 5.92 Å². The van der Waals surface area contributed by atoms with Gasteiger partial charge in [0.05, 0.1) is 0 Å². The van der Waals surface area contributed by atoms with Gasteiger partial charge in [-0.05, 0) is 25.1 Å². The van der Waals surface area contributed by atoms with Crippen molar-refractivity contribution in [3.63, 3.8) is 0 Å². The number of nitrogens with zero attached hydrogens (tertiary/aromatic N) is 3. The maximum atomic E-state index is 2.64. The van der Waals surface area contributed by atoms with E-state index in [9.17, 15) is 0 Å². The minimum Gasteiger partial charge on any atom is -0.353 e. The van der Waals surface area contributed by atoms with Gasteiger partial charge in [0.25, 0.3) is 0 Å². The number of hydrogen-bond donors (Lipinski definition) is 0. The molecule has 1 aromatic rings. The van der Waals surface area contributed by atoms with E-state index in [0.717, 1.165) is 12.5 Å². The molecule has 96 valence electrons. The van der Waals surface area contributed by atoms with E-state index in [2.05, 4.69) is 60.6 Å². The molecule has 17 heavy (non-hydrogen) atoms. The summed E-state index contributed by atoms with van der Waals surface area (Å²) in [6.45, 7) is 9.32. The van der Waals surface area contributed by atoms with Crippen molar-refractivity contribution >= 4 is 0 Å². The summed E-state index contributed by atoms with van der Waals surface area (Å²) in [4.78, 5) is 5.09. The average molecular weight is 235 g/mol. The van der Waals surface area contributed by atoms with Crippen molar-refractivity contribution < 1.29 is 0 Å². The predicted octanol–water partition coefficient (Wildman–Crippen LogP) is 1.80. The van der Waals surface area contributed by atoms with Gasteiger partial charge < -0.3 is 9.47 Å². The summed E-state index contributed by atoms with van der Waals surface area (Å²) in [5, 5.41) is 0. The Morgan fingerprint density at radius 1 is 1.29 bits per heavy atom. The maximum Gasteiger partial charge on any atom is 0.0391 e. The first-order valence-corrected chi connectivity index (χ1v) is 6.60. The molecule has 1 saturated heterocycles. The van der Waals surface area contributed by atoms with E-state index >= 15 is 0 Å². The van der Waals surface area contributed by atoms with Crippen molar-refractivity contribution in [2.45, 2.75) is 26.4 Å². The monoisotopic (exact) mass is 235 g/mol. The Morgan fingerprint density at radius 2 is 2.06 bits per heavy atom. The van der Waals surface area contributed by atoms with Gasteiger partial charge in [-0.3, -0.25) is 4.90 Å². The lowest BCUT2D eigenvalue weighted by molar-refractivity contribution is 0.0555. The van der Waals surface area contributed by atoms with E-state index in [1.165, 1.54) is 25.3 Å². The molecule has 2 heterocycles. The first-order chi connectivity index (χ1) is 8.08. The molecule has 1 fully saturated rings. The maximum absolute atomic E-state index is 2.64. The number of rotatable bonds is 3. The summed E-state index contributed by atoms with van der Waals surface area (Å²) in [5.74, 6) is 0.720. The summed E-state index contributed by atoms with van der Waals surface area (Å²) in [7, 11) is 4.37. The van der Waals surface area contributed by atoms with Crippen molar-refractivity contribution in [3.05, 3.63) is 24.0 Å². The molecule has 3 nitrogen and oxygen atoms in total. The molecule has 1 atom stereocenters. The Bertz CT molecular complexity index is 356. The number of aromatic nitrogens is 1. The minimum absolute atomic E-state index is 0.684. The van der Waals surface area contributed by atoms with Gasteiger partial charge in [-0.25, -0.2) is 0 Å². The zero-order chi connectivity index (χ0) is 12.4. The fraction of sp³-hybridized carbons (Fsp3) is 0.714. The quantitative estimate of drug-likeness (QED) is 0.791. The zero-order valence-corrected chi connectivity index (χ0v) is 11.6. The summed E-state index contributed by atoms with van der Waals surface area (Å²) in [5.41, 5.74) is 1.42. The van der Waals surface area contributed by atoms with E-state index < -0.39 is 0 Å². The highest BCUT2D eigenvalue weighted by atomic mass is 15.3. The first kappa shape index (κ1) is 12.7. The largest absolute Gasteiger partial charge is 0.353 e.